The van der Waals surface area contributed by atoms with Gasteiger partial charge in [0.15, 0.2) is 0 Å². The molecule has 0 aliphatic carbocycles. The molecule has 1 heterocycles. The molecule has 0 aromatic heterocycles. The third-order valence-corrected chi connectivity index (χ3v) is 1.67. The van der Waals surface area contributed by atoms with E-state index in [4.69, 9.17) is 4.74 Å². The second kappa shape index (κ2) is 3.88. The van der Waals surface area contributed by atoms with Crippen LogP contribution in [-0.4, -0.2) is 32.0 Å². The number of rotatable bonds is 3. The van der Waals surface area contributed by atoms with Gasteiger partial charge in [0.2, 0.25) is 0 Å². The molecule has 60 valence electrons. The van der Waals surface area contributed by atoms with Gasteiger partial charge in [-0.2, -0.15) is 0 Å². The quantitative estimate of drug-likeness (QED) is 0.635. The van der Waals surface area contributed by atoms with E-state index < -0.39 is 6.17 Å². The van der Waals surface area contributed by atoms with Crippen LogP contribution < -0.4 is 5.32 Å². The van der Waals surface area contributed by atoms with Gasteiger partial charge < -0.3 is 10.1 Å². The Bertz CT molecular complexity index is 99.6. The molecule has 1 aliphatic rings. The molecule has 1 aliphatic heterocycles. The second-order valence-electron chi connectivity index (χ2n) is 2.61. The van der Waals surface area contributed by atoms with Crippen molar-refractivity contribution >= 4 is 0 Å². The molecule has 2 atom stereocenters. The Balaban J connectivity index is 2.14. The van der Waals surface area contributed by atoms with E-state index in [9.17, 15) is 4.39 Å². The van der Waals surface area contributed by atoms with Crippen LogP contribution in [0.15, 0.2) is 0 Å². The molecular formula is C7H14FNO. The maximum Gasteiger partial charge on any atom is 0.141 e. The van der Waals surface area contributed by atoms with Crippen molar-refractivity contribution in [2.24, 2.45) is 0 Å². The van der Waals surface area contributed by atoms with Gasteiger partial charge in [-0.25, -0.2) is 4.39 Å². The fourth-order valence-electron chi connectivity index (χ4n) is 1.04. The molecule has 3 heteroatoms. The number of hydrogen-bond acceptors (Lipinski definition) is 2. The summed E-state index contributed by atoms with van der Waals surface area (Å²) in [4.78, 5) is 0. The van der Waals surface area contributed by atoms with Gasteiger partial charge >= 0.3 is 0 Å². The summed E-state index contributed by atoms with van der Waals surface area (Å²) < 4.78 is 17.7. The van der Waals surface area contributed by atoms with Gasteiger partial charge in [0, 0.05) is 0 Å². The molecule has 0 amide bonds. The summed E-state index contributed by atoms with van der Waals surface area (Å²) in [7, 11) is 0. The standard InChI is InChI=1S/C7H14FNO/c1-2-3-9-7-5-10-4-6(7)8/h6-7,9H,2-5H2,1H3/t6-,7-/m1/s1. The molecule has 0 aromatic rings. The molecule has 1 rings (SSSR count). The SMILES string of the molecule is CCCN[C@@H]1COC[C@H]1F. The average molecular weight is 147 g/mol. The first kappa shape index (κ1) is 7.95. The lowest BCUT2D eigenvalue weighted by molar-refractivity contribution is 0.172. The molecule has 2 nitrogen and oxygen atoms in total. The van der Waals surface area contributed by atoms with Crippen LogP contribution in [0.25, 0.3) is 0 Å². The minimum absolute atomic E-state index is 0.0556. The minimum atomic E-state index is -0.799. The molecule has 1 saturated heterocycles. The molecule has 0 saturated carbocycles. The number of hydrogen-bond donors (Lipinski definition) is 1. The summed E-state index contributed by atoms with van der Waals surface area (Å²) in [5.74, 6) is 0. The Kier molecular flexibility index (Phi) is 3.09. The second-order valence-corrected chi connectivity index (χ2v) is 2.61. The van der Waals surface area contributed by atoms with Gasteiger partial charge in [-0.15, -0.1) is 0 Å². The van der Waals surface area contributed by atoms with Gasteiger partial charge in [-0.05, 0) is 13.0 Å². The monoisotopic (exact) mass is 147 g/mol. The van der Waals surface area contributed by atoms with Crippen molar-refractivity contribution in [1.29, 1.82) is 0 Å². The van der Waals surface area contributed by atoms with Crippen molar-refractivity contribution in [1.82, 2.24) is 5.32 Å². The number of nitrogens with one attached hydrogen (secondary N) is 1. The first-order chi connectivity index (χ1) is 4.84. The molecule has 1 N–H and O–H groups in total. The van der Waals surface area contributed by atoms with Crippen LogP contribution in [0.3, 0.4) is 0 Å². The Morgan fingerprint density at radius 2 is 2.40 bits per heavy atom. The highest BCUT2D eigenvalue weighted by atomic mass is 19.1. The highest BCUT2D eigenvalue weighted by Gasteiger charge is 2.26. The van der Waals surface area contributed by atoms with E-state index in [-0.39, 0.29) is 12.6 Å². The first-order valence-corrected chi connectivity index (χ1v) is 3.79. The van der Waals surface area contributed by atoms with Gasteiger partial charge in [-0.3, -0.25) is 0 Å². The third kappa shape index (κ3) is 1.92. The zero-order chi connectivity index (χ0) is 7.40. The zero-order valence-corrected chi connectivity index (χ0v) is 6.27. The van der Waals surface area contributed by atoms with Crippen LogP contribution in [0, 0.1) is 0 Å². The largest absolute Gasteiger partial charge is 0.377 e. The van der Waals surface area contributed by atoms with Crippen molar-refractivity contribution in [3.8, 4) is 0 Å². The Hall–Kier alpha value is -0.150. The predicted molar refractivity (Wildman–Crippen MR) is 37.8 cm³/mol. The topological polar surface area (TPSA) is 21.3 Å². The minimum Gasteiger partial charge on any atom is -0.377 e. The smallest absolute Gasteiger partial charge is 0.141 e. The van der Waals surface area contributed by atoms with E-state index >= 15 is 0 Å². The zero-order valence-electron chi connectivity index (χ0n) is 6.27. The fraction of sp³-hybridized carbons (Fsp3) is 1.00. The van der Waals surface area contributed by atoms with Crippen molar-refractivity contribution in [2.45, 2.75) is 25.6 Å². The van der Waals surface area contributed by atoms with Crippen molar-refractivity contribution in [3.05, 3.63) is 0 Å². The van der Waals surface area contributed by atoms with E-state index in [0.717, 1.165) is 13.0 Å². The van der Waals surface area contributed by atoms with Crippen LogP contribution in [0.1, 0.15) is 13.3 Å². The summed E-state index contributed by atoms with van der Waals surface area (Å²) >= 11 is 0. The first-order valence-electron chi connectivity index (χ1n) is 3.79. The maximum atomic E-state index is 12.7. The van der Waals surface area contributed by atoms with Crippen molar-refractivity contribution in [3.63, 3.8) is 0 Å². The lowest BCUT2D eigenvalue weighted by Gasteiger charge is -2.11. The maximum absolute atomic E-state index is 12.7. The molecule has 0 spiro atoms. The lowest BCUT2D eigenvalue weighted by atomic mass is 10.2. The van der Waals surface area contributed by atoms with Crippen LogP contribution in [0.2, 0.25) is 0 Å². The van der Waals surface area contributed by atoms with Gasteiger partial charge in [0.05, 0.1) is 19.3 Å². The van der Waals surface area contributed by atoms with E-state index in [1.54, 1.807) is 0 Å². The average Bonchev–Trinajstić information content (AvgIpc) is 2.31. The summed E-state index contributed by atoms with van der Waals surface area (Å²) in [5.41, 5.74) is 0. The number of halogens is 1. The van der Waals surface area contributed by atoms with E-state index in [0.29, 0.717) is 6.61 Å². The molecule has 10 heavy (non-hydrogen) atoms. The number of ether oxygens (including phenoxy) is 1. The summed E-state index contributed by atoms with van der Waals surface area (Å²) in [6, 6.07) is -0.0556. The lowest BCUT2D eigenvalue weighted by Crippen LogP contribution is -2.36. The van der Waals surface area contributed by atoms with Crippen LogP contribution >= 0.6 is 0 Å². The van der Waals surface area contributed by atoms with Gasteiger partial charge in [-0.1, -0.05) is 6.92 Å². The van der Waals surface area contributed by atoms with Crippen LogP contribution in [-0.2, 0) is 4.74 Å². The van der Waals surface area contributed by atoms with E-state index in [2.05, 4.69) is 12.2 Å². The molecular weight excluding hydrogens is 133 g/mol. The number of alkyl halides is 1. The van der Waals surface area contributed by atoms with Gasteiger partial charge in [0.1, 0.15) is 6.17 Å². The molecule has 0 unspecified atom stereocenters. The highest BCUT2D eigenvalue weighted by molar-refractivity contribution is 4.80. The van der Waals surface area contributed by atoms with E-state index in [1.165, 1.54) is 0 Å². The summed E-state index contributed by atoms with van der Waals surface area (Å²) in [6.07, 6.45) is 0.245. The highest BCUT2D eigenvalue weighted by Crippen LogP contribution is 2.08. The summed E-state index contributed by atoms with van der Waals surface area (Å²) in [5, 5.41) is 3.08. The van der Waals surface area contributed by atoms with Gasteiger partial charge in [0.25, 0.3) is 0 Å². The molecule has 0 aromatic carbocycles. The molecule has 0 bridgehead atoms. The predicted octanol–water partition coefficient (Wildman–Crippen LogP) is 0.723. The Morgan fingerprint density at radius 3 is 2.90 bits per heavy atom. The van der Waals surface area contributed by atoms with Crippen molar-refractivity contribution in [2.75, 3.05) is 19.8 Å². The normalized spacial score (nSPS) is 33.0. The third-order valence-electron chi connectivity index (χ3n) is 1.67. The Morgan fingerprint density at radius 1 is 1.60 bits per heavy atom. The fourth-order valence-corrected chi connectivity index (χ4v) is 1.04. The van der Waals surface area contributed by atoms with E-state index in [1.807, 2.05) is 0 Å². The van der Waals surface area contributed by atoms with Crippen LogP contribution in [0.5, 0.6) is 0 Å². The van der Waals surface area contributed by atoms with Crippen LogP contribution in [0.4, 0.5) is 4.39 Å². The molecule has 0 radical (unpaired) electrons. The van der Waals surface area contributed by atoms with Crippen molar-refractivity contribution < 1.29 is 9.13 Å². The summed E-state index contributed by atoms with van der Waals surface area (Å²) in [6.45, 7) is 3.74. The molecule has 1 fully saturated rings. The Labute approximate surface area is 60.8 Å².